The first-order chi connectivity index (χ1) is 10.8. The molecule has 0 spiro atoms. The Morgan fingerprint density at radius 3 is 2.27 bits per heavy atom. The van der Waals surface area contributed by atoms with Crippen LogP contribution in [0.2, 0.25) is 0 Å². The Morgan fingerprint density at radius 1 is 0.955 bits per heavy atom. The largest absolute Gasteiger partial charge is 0.341 e. The molecular weight excluding hydrogens is 272 g/mol. The van der Waals surface area contributed by atoms with Crippen molar-refractivity contribution < 1.29 is 4.79 Å². The molecule has 3 heteroatoms. The van der Waals surface area contributed by atoms with Gasteiger partial charge in [0.15, 0.2) is 0 Å². The van der Waals surface area contributed by atoms with Gasteiger partial charge < -0.3 is 4.90 Å². The quantitative estimate of drug-likeness (QED) is 0.920. The van der Waals surface area contributed by atoms with Crippen LogP contribution in [0.1, 0.15) is 63.0 Å². The second-order valence-corrected chi connectivity index (χ2v) is 6.73. The summed E-state index contributed by atoms with van der Waals surface area (Å²) < 4.78 is 0. The summed E-state index contributed by atoms with van der Waals surface area (Å²) >= 11 is 0. The molecule has 0 bridgehead atoms. The molecule has 1 aliphatic carbocycles. The number of likely N-dealkylation sites (tertiary alicyclic amines) is 1. The number of amides is 1. The van der Waals surface area contributed by atoms with E-state index in [1.54, 1.807) is 0 Å². The molecule has 1 saturated heterocycles. The van der Waals surface area contributed by atoms with Crippen molar-refractivity contribution in [3.63, 3.8) is 0 Å². The Bertz CT molecular complexity index is 462. The lowest BCUT2D eigenvalue weighted by Crippen LogP contribution is -2.46. The van der Waals surface area contributed by atoms with Gasteiger partial charge in [-0.1, -0.05) is 49.6 Å². The third-order valence-electron chi connectivity index (χ3n) is 5.06. The van der Waals surface area contributed by atoms with Crippen LogP contribution < -0.4 is 5.32 Å². The number of nitrogens with zero attached hydrogens (tertiary/aromatic N) is 1. The molecule has 1 unspecified atom stereocenters. The van der Waals surface area contributed by atoms with E-state index in [2.05, 4.69) is 22.3 Å². The molecule has 1 atom stereocenters. The van der Waals surface area contributed by atoms with Crippen molar-refractivity contribution in [1.29, 1.82) is 0 Å². The zero-order chi connectivity index (χ0) is 15.2. The molecule has 1 aliphatic heterocycles. The molecule has 3 rings (SSSR count). The molecule has 2 aliphatic rings. The highest BCUT2D eigenvalue weighted by Gasteiger charge is 2.29. The van der Waals surface area contributed by atoms with Gasteiger partial charge in [0.1, 0.15) is 6.04 Å². The average molecular weight is 300 g/mol. The van der Waals surface area contributed by atoms with Crippen LogP contribution in [0.5, 0.6) is 0 Å². The van der Waals surface area contributed by atoms with Gasteiger partial charge in [-0.05, 0) is 37.7 Å². The lowest BCUT2D eigenvalue weighted by atomic mass is 9.93. The van der Waals surface area contributed by atoms with Gasteiger partial charge in [0.2, 0.25) is 5.91 Å². The third-order valence-corrected chi connectivity index (χ3v) is 5.06. The van der Waals surface area contributed by atoms with E-state index in [0.717, 1.165) is 31.5 Å². The highest BCUT2D eigenvalue weighted by molar-refractivity contribution is 5.83. The Labute approximate surface area is 134 Å². The summed E-state index contributed by atoms with van der Waals surface area (Å²) in [5.74, 6) is 0.275. The number of hydrogen-bond donors (Lipinski definition) is 1. The van der Waals surface area contributed by atoms with Crippen LogP contribution in [0.3, 0.4) is 0 Å². The van der Waals surface area contributed by atoms with Crippen molar-refractivity contribution in [2.24, 2.45) is 0 Å². The zero-order valence-corrected chi connectivity index (χ0v) is 13.5. The minimum Gasteiger partial charge on any atom is -0.341 e. The Balaban J connectivity index is 1.74. The smallest absolute Gasteiger partial charge is 0.244 e. The summed E-state index contributed by atoms with van der Waals surface area (Å²) in [6, 6.07) is 10.6. The van der Waals surface area contributed by atoms with Gasteiger partial charge in [0.05, 0.1) is 0 Å². The number of rotatable bonds is 4. The highest BCUT2D eigenvalue weighted by Crippen LogP contribution is 2.24. The SMILES string of the molecule is O=C(C(NC1CCCCC1)c1ccccc1)N1CCCCC1. The molecule has 1 heterocycles. The Kier molecular flexibility index (Phi) is 5.49. The molecule has 0 aromatic heterocycles. The Hall–Kier alpha value is -1.35. The van der Waals surface area contributed by atoms with Crippen molar-refractivity contribution >= 4 is 5.91 Å². The van der Waals surface area contributed by atoms with Gasteiger partial charge in [-0.25, -0.2) is 0 Å². The summed E-state index contributed by atoms with van der Waals surface area (Å²) in [7, 11) is 0. The number of benzene rings is 1. The predicted molar refractivity (Wildman–Crippen MR) is 89.6 cm³/mol. The maximum absolute atomic E-state index is 13.0. The van der Waals surface area contributed by atoms with Crippen molar-refractivity contribution in [3.05, 3.63) is 35.9 Å². The minimum atomic E-state index is -0.164. The molecule has 1 aromatic rings. The fourth-order valence-electron chi connectivity index (χ4n) is 3.76. The average Bonchev–Trinajstić information content (AvgIpc) is 2.61. The van der Waals surface area contributed by atoms with Gasteiger partial charge >= 0.3 is 0 Å². The summed E-state index contributed by atoms with van der Waals surface area (Å²) in [5, 5.41) is 3.68. The fourth-order valence-corrected chi connectivity index (χ4v) is 3.76. The lowest BCUT2D eigenvalue weighted by Gasteiger charge is -2.34. The van der Waals surface area contributed by atoms with Crippen LogP contribution in [0.25, 0.3) is 0 Å². The van der Waals surface area contributed by atoms with Gasteiger partial charge in [0, 0.05) is 19.1 Å². The topological polar surface area (TPSA) is 32.3 Å². The molecule has 22 heavy (non-hydrogen) atoms. The number of hydrogen-bond acceptors (Lipinski definition) is 2. The zero-order valence-electron chi connectivity index (χ0n) is 13.5. The first-order valence-electron chi connectivity index (χ1n) is 8.94. The van der Waals surface area contributed by atoms with E-state index in [0.29, 0.717) is 6.04 Å². The van der Waals surface area contributed by atoms with Gasteiger partial charge in [-0.2, -0.15) is 0 Å². The van der Waals surface area contributed by atoms with Crippen LogP contribution in [0, 0.1) is 0 Å². The maximum Gasteiger partial charge on any atom is 0.244 e. The van der Waals surface area contributed by atoms with Crippen molar-refractivity contribution in [1.82, 2.24) is 10.2 Å². The van der Waals surface area contributed by atoms with Crippen molar-refractivity contribution in [2.75, 3.05) is 13.1 Å². The van der Waals surface area contributed by atoms with E-state index in [-0.39, 0.29) is 11.9 Å². The van der Waals surface area contributed by atoms with Crippen LogP contribution in [0.4, 0.5) is 0 Å². The van der Waals surface area contributed by atoms with Crippen LogP contribution >= 0.6 is 0 Å². The van der Waals surface area contributed by atoms with Crippen molar-refractivity contribution in [2.45, 2.75) is 63.5 Å². The lowest BCUT2D eigenvalue weighted by molar-refractivity contribution is -0.134. The normalized spacial score (nSPS) is 21.5. The predicted octanol–water partition coefficient (Wildman–Crippen LogP) is 3.66. The van der Waals surface area contributed by atoms with E-state index in [1.165, 1.54) is 38.5 Å². The highest BCUT2D eigenvalue weighted by atomic mass is 16.2. The van der Waals surface area contributed by atoms with Crippen molar-refractivity contribution in [3.8, 4) is 0 Å². The van der Waals surface area contributed by atoms with Crippen LogP contribution in [0.15, 0.2) is 30.3 Å². The summed E-state index contributed by atoms with van der Waals surface area (Å²) in [5.41, 5.74) is 1.11. The molecule has 1 amide bonds. The fraction of sp³-hybridized carbons (Fsp3) is 0.632. The van der Waals surface area contributed by atoms with E-state index in [9.17, 15) is 4.79 Å². The van der Waals surface area contributed by atoms with E-state index in [4.69, 9.17) is 0 Å². The van der Waals surface area contributed by atoms with Gasteiger partial charge in [-0.3, -0.25) is 10.1 Å². The first kappa shape index (κ1) is 15.5. The number of piperidine rings is 1. The van der Waals surface area contributed by atoms with Crippen LogP contribution in [-0.4, -0.2) is 29.9 Å². The molecule has 1 saturated carbocycles. The summed E-state index contributed by atoms with van der Waals surface area (Å²) in [4.78, 5) is 15.1. The van der Waals surface area contributed by atoms with E-state index < -0.39 is 0 Å². The molecular formula is C19H28N2O. The summed E-state index contributed by atoms with van der Waals surface area (Å²) in [6.07, 6.45) is 9.89. The minimum absolute atomic E-state index is 0.164. The molecule has 120 valence electrons. The first-order valence-corrected chi connectivity index (χ1v) is 8.94. The number of carbonyl (C=O) groups excluding carboxylic acids is 1. The number of carbonyl (C=O) groups is 1. The van der Waals surface area contributed by atoms with E-state index >= 15 is 0 Å². The second kappa shape index (κ2) is 7.77. The standard InChI is InChI=1S/C19H28N2O/c22-19(21-14-8-3-9-15-21)18(16-10-4-1-5-11-16)20-17-12-6-2-7-13-17/h1,4-5,10-11,17-18,20H,2-3,6-9,12-15H2. The molecule has 3 nitrogen and oxygen atoms in total. The van der Waals surface area contributed by atoms with Gasteiger partial charge in [0.25, 0.3) is 0 Å². The maximum atomic E-state index is 13.0. The van der Waals surface area contributed by atoms with E-state index in [1.807, 2.05) is 18.2 Å². The third kappa shape index (κ3) is 3.89. The monoisotopic (exact) mass is 300 g/mol. The van der Waals surface area contributed by atoms with Crippen LogP contribution in [-0.2, 0) is 4.79 Å². The van der Waals surface area contributed by atoms with Gasteiger partial charge in [-0.15, -0.1) is 0 Å². The molecule has 2 fully saturated rings. The number of nitrogens with one attached hydrogen (secondary N) is 1. The summed E-state index contributed by atoms with van der Waals surface area (Å²) in [6.45, 7) is 1.85. The molecule has 1 aromatic carbocycles. The Morgan fingerprint density at radius 2 is 1.59 bits per heavy atom. The molecule has 1 N–H and O–H groups in total. The molecule has 0 radical (unpaired) electrons. The second-order valence-electron chi connectivity index (χ2n) is 6.73.